The average Bonchev–Trinajstić information content (AvgIpc) is 2.03. The fourth-order valence-corrected chi connectivity index (χ4v) is 1.25. The third-order valence-corrected chi connectivity index (χ3v) is 2.02. The lowest BCUT2D eigenvalue weighted by Crippen LogP contribution is -2.50. The quantitative estimate of drug-likeness (QED) is 0.713. The first kappa shape index (κ1) is 8.57. The second-order valence-electron chi connectivity index (χ2n) is 2.55. The van der Waals surface area contributed by atoms with E-state index in [1.54, 1.807) is 0 Å². The van der Waals surface area contributed by atoms with Crippen LogP contribution in [0, 0.1) is 0 Å². The van der Waals surface area contributed by atoms with Gasteiger partial charge in [-0.2, -0.15) is 0 Å². The van der Waals surface area contributed by atoms with Crippen LogP contribution < -0.4 is 5.73 Å². The van der Waals surface area contributed by atoms with E-state index in [2.05, 4.69) is 11.8 Å². The minimum atomic E-state index is 0.876. The van der Waals surface area contributed by atoms with Crippen molar-refractivity contribution in [2.75, 3.05) is 6.54 Å². The van der Waals surface area contributed by atoms with Gasteiger partial charge in [0.2, 0.25) is 0 Å². The number of aryl methyl sites for hydroxylation is 1. The van der Waals surface area contributed by atoms with Crippen LogP contribution in [0.1, 0.15) is 12.0 Å². The highest BCUT2D eigenvalue weighted by atomic mass is 35.5. The van der Waals surface area contributed by atoms with E-state index in [0.717, 1.165) is 24.4 Å². The summed E-state index contributed by atoms with van der Waals surface area (Å²) in [7, 11) is 0. The highest BCUT2D eigenvalue weighted by Crippen LogP contribution is 2.15. The molecule has 60 valence electrons. The standard InChI is InChI=1S/C9H12ClN/c10-9-6-2-1-4-8(9)5-3-7-11/h1-2,4,6H,3,5,7,11H2/p+1. The van der Waals surface area contributed by atoms with E-state index in [1.165, 1.54) is 5.56 Å². The summed E-state index contributed by atoms with van der Waals surface area (Å²) in [5.74, 6) is 0. The Bertz CT molecular complexity index is 223. The van der Waals surface area contributed by atoms with Crippen LogP contribution in [0.4, 0.5) is 0 Å². The van der Waals surface area contributed by atoms with Gasteiger partial charge in [0.1, 0.15) is 0 Å². The predicted molar refractivity (Wildman–Crippen MR) is 47.5 cm³/mol. The lowest BCUT2D eigenvalue weighted by atomic mass is 10.1. The number of rotatable bonds is 3. The van der Waals surface area contributed by atoms with Crippen molar-refractivity contribution >= 4 is 11.6 Å². The summed E-state index contributed by atoms with van der Waals surface area (Å²) in [6.07, 6.45) is 2.16. The van der Waals surface area contributed by atoms with Gasteiger partial charge < -0.3 is 5.73 Å². The normalized spacial score (nSPS) is 10.0. The van der Waals surface area contributed by atoms with E-state index in [0.29, 0.717) is 0 Å². The van der Waals surface area contributed by atoms with Crippen LogP contribution in [0.2, 0.25) is 5.02 Å². The minimum Gasteiger partial charge on any atom is -0.358 e. The van der Waals surface area contributed by atoms with Crippen molar-refractivity contribution in [3.05, 3.63) is 34.9 Å². The maximum Gasteiger partial charge on any atom is 0.0743 e. The molecule has 0 saturated carbocycles. The predicted octanol–water partition coefficient (Wildman–Crippen LogP) is 1.51. The Balaban J connectivity index is 2.62. The zero-order chi connectivity index (χ0) is 8.10. The maximum absolute atomic E-state index is 5.94. The Labute approximate surface area is 72.2 Å². The van der Waals surface area contributed by atoms with Gasteiger partial charge in [0.25, 0.3) is 0 Å². The maximum atomic E-state index is 5.94. The molecule has 1 rings (SSSR count). The molecule has 1 aromatic carbocycles. The van der Waals surface area contributed by atoms with Gasteiger partial charge in [0.05, 0.1) is 6.54 Å². The Morgan fingerprint density at radius 2 is 2.00 bits per heavy atom. The lowest BCUT2D eigenvalue weighted by Gasteiger charge is -2.00. The van der Waals surface area contributed by atoms with Crippen LogP contribution in [0.5, 0.6) is 0 Å². The van der Waals surface area contributed by atoms with Crippen molar-refractivity contribution in [2.45, 2.75) is 12.8 Å². The smallest absolute Gasteiger partial charge is 0.0743 e. The highest BCUT2D eigenvalue weighted by molar-refractivity contribution is 6.31. The van der Waals surface area contributed by atoms with E-state index in [-0.39, 0.29) is 0 Å². The Hall–Kier alpha value is -0.530. The van der Waals surface area contributed by atoms with Gasteiger partial charge in [-0.15, -0.1) is 0 Å². The van der Waals surface area contributed by atoms with Crippen LogP contribution in [0.3, 0.4) is 0 Å². The Kier molecular flexibility index (Phi) is 3.40. The number of hydrogen-bond acceptors (Lipinski definition) is 0. The number of quaternary nitrogens is 1. The zero-order valence-electron chi connectivity index (χ0n) is 6.52. The fourth-order valence-electron chi connectivity index (χ4n) is 1.02. The molecule has 0 spiro atoms. The summed E-state index contributed by atoms with van der Waals surface area (Å²) >= 11 is 5.94. The van der Waals surface area contributed by atoms with Crippen LogP contribution in [0.15, 0.2) is 24.3 Å². The summed E-state index contributed by atoms with van der Waals surface area (Å²) < 4.78 is 0. The van der Waals surface area contributed by atoms with Crippen molar-refractivity contribution in [3.8, 4) is 0 Å². The molecule has 1 aromatic rings. The summed E-state index contributed by atoms with van der Waals surface area (Å²) in [6, 6.07) is 7.97. The van der Waals surface area contributed by atoms with Crippen molar-refractivity contribution in [2.24, 2.45) is 0 Å². The molecule has 0 heterocycles. The summed E-state index contributed by atoms with van der Waals surface area (Å²) in [5, 5.41) is 0.876. The van der Waals surface area contributed by atoms with Gasteiger partial charge in [-0.3, -0.25) is 0 Å². The van der Waals surface area contributed by atoms with Gasteiger partial charge in [-0.1, -0.05) is 29.8 Å². The third-order valence-electron chi connectivity index (χ3n) is 1.65. The topological polar surface area (TPSA) is 27.6 Å². The van der Waals surface area contributed by atoms with Crippen LogP contribution >= 0.6 is 11.6 Å². The summed E-state index contributed by atoms with van der Waals surface area (Å²) in [5.41, 5.74) is 5.02. The molecule has 0 radical (unpaired) electrons. The molecule has 0 aliphatic heterocycles. The first-order chi connectivity index (χ1) is 5.34. The molecule has 0 amide bonds. The molecule has 0 saturated heterocycles. The van der Waals surface area contributed by atoms with E-state index >= 15 is 0 Å². The molecule has 0 unspecified atom stereocenters. The van der Waals surface area contributed by atoms with Gasteiger partial charge >= 0.3 is 0 Å². The second-order valence-corrected chi connectivity index (χ2v) is 2.96. The molecule has 2 heteroatoms. The molecule has 0 aliphatic rings. The van der Waals surface area contributed by atoms with Crippen molar-refractivity contribution in [3.63, 3.8) is 0 Å². The summed E-state index contributed by atoms with van der Waals surface area (Å²) in [6.45, 7) is 0.977. The van der Waals surface area contributed by atoms with Crippen LogP contribution in [-0.4, -0.2) is 6.54 Å². The molecule has 0 atom stereocenters. The largest absolute Gasteiger partial charge is 0.358 e. The molecule has 0 aliphatic carbocycles. The molecular weight excluding hydrogens is 158 g/mol. The molecule has 3 N–H and O–H groups in total. The van der Waals surface area contributed by atoms with E-state index in [4.69, 9.17) is 11.6 Å². The van der Waals surface area contributed by atoms with Crippen molar-refractivity contribution in [1.29, 1.82) is 0 Å². The van der Waals surface area contributed by atoms with Gasteiger partial charge in [0, 0.05) is 11.4 Å². The first-order valence-corrected chi connectivity index (χ1v) is 4.25. The molecule has 0 bridgehead atoms. The van der Waals surface area contributed by atoms with Gasteiger partial charge in [0.15, 0.2) is 0 Å². The van der Waals surface area contributed by atoms with Crippen LogP contribution in [-0.2, 0) is 6.42 Å². The highest BCUT2D eigenvalue weighted by Gasteiger charge is 1.96. The van der Waals surface area contributed by atoms with Crippen molar-refractivity contribution < 1.29 is 5.73 Å². The SMILES string of the molecule is [NH3+]CCCc1ccccc1Cl. The average molecular weight is 171 g/mol. The van der Waals surface area contributed by atoms with Gasteiger partial charge in [-0.05, 0) is 18.1 Å². The first-order valence-electron chi connectivity index (χ1n) is 3.87. The molecule has 11 heavy (non-hydrogen) atoms. The summed E-state index contributed by atoms with van der Waals surface area (Å²) in [4.78, 5) is 0. The van der Waals surface area contributed by atoms with Crippen molar-refractivity contribution in [1.82, 2.24) is 0 Å². The lowest BCUT2D eigenvalue weighted by molar-refractivity contribution is -0.368. The van der Waals surface area contributed by atoms with E-state index in [1.807, 2.05) is 18.2 Å². The van der Waals surface area contributed by atoms with E-state index in [9.17, 15) is 0 Å². The number of halogens is 1. The monoisotopic (exact) mass is 170 g/mol. The van der Waals surface area contributed by atoms with Gasteiger partial charge in [-0.25, -0.2) is 0 Å². The van der Waals surface area contributed by atoms with E-state index < -0.39 is 0 Å². The fraction of sp³-hybridized carbons (Fsp3) is 0.333. The second kappa shape index (κ2) is 4.37. The molecule has 0 fully saturated rings. The third kappa shape index (κ3) is 2.52. The number of hydrogen-bond donors (Lipinski definition) is 1. The Morgan fingerprint density at radius 3 is 2.64 bits per heavy atom. The molecule has 0 aromatic heterocycles. The van der Waals surface area contributed by atoms with Crippen LogP contribution in [0.25, 0.3) is 0 Å². The minimum absolute atomic E-state index is 0.876. The molecule has 1 nitrogen and oxygen atoms in total. The zero-order valence-corrected chi connectivity index (χ0v) is 7.27. The molecular formula is C9H13ClN+. The Morgan fingerprint density at radius 1 is 1.27 bits per heavy atom. The number of benzene rings is 1.